The second-order valence-electron chi connectivity index (χ2n) is 5.98. The van der Waals surface area contributed by atoms with Crippen molar-refractivity contribution in [3.63, 3.8) is 0 Å². The van der Waals surface area contributed by atoms with Gasteiger partial charge in [0.25, 0.3) is 0 Å². The zero-order valence-electron chi connectivity index (χ0n) is 14.0. The molecule has 0 bridgehead atoms. The van der Waals surface area contributed by atoms with Crippen LogP contribution < -0.4 is 4.74 Å². The lowest BCUT2D eigenvalue weighted by atomic mass is 10.1. The van der Waals surface area contributed by atoms with Crippen molar-refractivity contribution in [3.8, 4) is 17.1 Å². The van der Waals surface area contributed by atoms with Gasteiger partial charge in [0.2, 0.25) is 5.78 Å². The van der Waals surface area contributed by atoms with E-state index in [1.807, 2.05) is 0 Å². The number of halogens is 3. The Balaban J connectivity index is 1.75. The van der Waals surface area contributed by atoms with Crippen molar-refractivity contribution in [2.45, 2.75) is 25.6 Å². The number of likely N-dealkylation sites (tertiary alicyclic amines) is 1. The van der Waals surface area contributed by atoms with Crippen LogP contribution in [-0.4, -0.2) is 30.1 Å². The van der Waals surface area contributed by atoms with Gasteiger partial charge in [0.1, 0.15) is 11.5 Å². The van der Waals surface area contributed by atoms with E-state index in [0.29, 0.717) is 0 Å². The van der Waals surface area contributed by atoms with Gasteiger partial charge in [-0.25, -0.2) is 0 Å². The molecule has 1 fully saturated rings. The molecular weight excluding hydrogens is 347 g/mol. The first kappa shape index (κ1) is 18.1. The van der Waals surface area contributed by atoms with Gasteiger partial charge in [0.05, 0.1) is 5.56 Å². The first-order valence-corrected chi connectivity index (χ1v) is 8.34. The third-order valence-corrected chi connectivity index (χ3v) is 4.05. The molecule has 1 aromatic heterocycles. The van der Waals surface area contributed by atoms with Gasteiger partial charge in [-0.3, -0.25) is 4.79 Å². The molecule has 0 spiro atoms. The minimum atomic E-state index is -4.81. The molecular formula is C19H18F3NO3. The lowest BCUT2D eigenvalue weighted by molar-refractivity contribution is -0.274. The summed E-state index contributed by atoms with van der Waals surface area (Å²) in [5, 5.41) is 0. The average Bonchev–Trinajstić information content (AvgIpc) is 3.10. The van der Waals surface area contributed by atoms with Gasteiger partial charge in [-0.05, 0) is 43.5 Å². The van der Waals surface area contributed by atoms with Gasteiger partial charge in [0.15, 0.2) is 5.76 Å². The highest BCUT2D eigenvalue weighted by Crippen LogP contribution is 2.34. The number of hydrogen-bond acceptors (Lipinski definition) is 4. The van der Waals surface area contributed by atoms with Crippen LogP contribution in [0, 0.1) is 0 Å². The van der Waals surface area contributed by atoms with Crippen molar-refractivity contribution in [1.82, 2.24) is 4.90 Å². The van der Waals surface area contributed by atoms with Crippen LogP contribution in [0.2, 0.25) is 0 Å². The highest BCUT2D eigenvalue weighted by atomic mass is 19.4. The molecule has 0 atom stereocenters. The van der Waals surface area contributed by atoms with Crippen molar-refractivity contribution < 1.29 is 27.1 Å². The van der Waals surface area contributed by atoms with Crippen molar-refractivity contribution >= 4 is 5.78 Å². The Bertz CT molecular complexity index is 789. The van der Waals surface area contributed by atoms with Crippen molar-refractivity contribution in [2.75, 3.05) is 13.1 Å². The molecule has 0 N–H and O–H groups in total. The molecule has 0 aliphatic carbocycles. The van der Waals surface area contributed by atoms with E-state index in [1.165, 1.54) is 42.8 Å². The molecule has 26 heavy (non-hydrogen) atoms. The SMILES string of the molecule is O=C(C=CN1CCCCC1)c1ccc(-c2ccccc2OC(F)(F)F)o1. The van der Waals surface area contributed by atoms with Crippen LogP contribution in [0.3, 0.4) is 0 Å². The molecule has 3 rings (SSSR count). The largest absolute Gasteiger partial charge is 0.573 e. The van der Waals surface area contributed by atoms with E-state index in [1.54, 1.807) is 12.3 Å². The summed E-state index contributed by atoms with van der Waals surface area (Å²) >= 11 is 0. The van der Waals surface area contributed by atoms with Crippen LogP contribution in [0.15, 0.2) is 53.1 Å². The molecule has 0 radical (unpaired) electrons. The number of ketones is 1. The Morgan fingerprint density at radius 1 is 1.08 bits per heavy atom. The zero-order chi connectivity index (χ0) is 18.6. The number of para-hydroxylation sites is 1. The maximum Gasteiger partial charge on any atom is 0.573 e. The van der Waals surface area contributed by atoms with Crippen LogP contribution in [0.5, 0.6) is 5.75 Å². The molecule has 0 saturated carbocycles. The van der Waals surface area contributed by atoms with E-state index in [4.69, 9.17) is 4.42 Å². The zero-order valence-corrected chi connectivity index (χ0v) is 14.0. The summed E-state index contributed by atoms with van der Waals surface area (Å²) in [4.78, 5) is 14.3. The average molecular weight is 365 g/mol. The maximum absolute atomic E-state index is 12.5. The summed E-state index contributed by atoms with van der Waals surface area (Å²) in [6, 6.07) is 8.55. The third kappa shape index (κ3) is 4.68. The summed E-state index contributed by atoms with van der Waals surface area (Å²) in [5.74, 6) is -0.511. The molecule has 1 aliphatic rings. The number of hydrogen-bond donors (Lipinski definition) is 0. The van der Waals surface area contributed by atoms with Crippen LogP contribution in [-0.2, 0) is 0 Å². The number of alkyl halides is 3. The molecule has 7 heteroatoms. The number of ether oxygens (including phenoxy) is 1. The minimum absolute atomic E-state index is 0.0649. The smallest absolute Gasteiger partial charge is 0.452 e. The van der Waals surface area contributed by atoms with Crippen LogP contribution in [0.1, 0.15) is 29.8 Å². The summed E-state index contributed by atoms with van der Waals surface area (Å²) in [6.45, 7) is 1.82. The first-order valence-electron chi connectivity index (χ1n) is 8.34. The topological polar surface area (TPSA) is 42.7 Å². The Morgan fingerprint density at radius 2 is 1.81 bits per heavy atom. The molecule has 1 aromatic carbocycles. The number of rotatable bonds is 5. The fraction of sp³-hybridized carbons (Fsp3) is 0.316. The Morgan fingerprint density at radius 3 is 2.54 bits per heavy atom. The normalized spacial score (nSPS) is 15.4. The molecule has 0 amide bonds. The second kappa shape index (κ2) is 7.68. The molecule has 138 valence electrons. The predicted molar refractivity (Wildman–Crippen MR) is 89.7 cm³/mol. The van der Waals surface area contributed by atoms with Gasteiger partial charge in [0, 0.05) is 25.4 Å². The summed E-state index contributed by atoms with van der Waals surface area (Å²) in [5.41, 5.74) is 0.129. The van der Waals surface area contributed by atoms with Gasteiger partial charge in [-0.15, -0.1) is 13.2 Å². The van der Waals surface area contributed by atoms with Crippen LogP contribution >= 0.6 is 0 Å². The molecule has 2 heterocycles. The van der Waals surface area contributed by atoms with Gasteiger partial charge in [-0.1, -0.05) is 12.1 Å². The minimum Gasteiger partial charge on any atom is -0.452 e. The fourth-order valence-electron chi connectivity index (χ4n) is 2.82. The lowest BCUT2D eigenvalue weighted by Crippen LogP contribution is -2.24. The van der Waals surface area contributed by atoms with E-state index >= 15 is 0 Å². The van der Waals surface area contributed by atoms with Crippen molar-refractivity contribution in [1.29, 1.82) is 0 Å². The molecule has 1 saturated heterocycles. The number of piperidine rings is 1. The van der Waals surface area contributed by atoms with Crippen molar-refractivity contribution in [2.24, 2.45) is 0 Å². The number of carbonyl (C=O) groups is 1. The highest BCUT2D eigenvalue weighted by Gasteiger charge is 2.32. The highest BCUT2D eigenvalue weighted by molar-refractivity contribution is 6.02. The van der Waals surface area contributed by atoms with Crippen molar-refractivity contribution in [3.05, 3.63) is 54.4 Å². The quantitative estimate of drug-likeness (QED) is 0.551. The van der Waals surface area contributed by atoms with Gasteiger partial charge < -0.3 is 14.1 Å². The summed E-state index contributed by atoms with van der Waals surface area (Å²) in [7, 11) is 0. The maximum atomic E-state index is 12.5. The van der Waals surface area contributed by atoms with E-state index in [9.17, 15) is 18.0 Å². The monoisotopic (exact) mass is 365 g/mol. The van der Waals surface area contributed by atoms with Gasteiger partial charge >= 0.3 is 6.36 Å². The van der Waals surface area contributed by atoms with E-state index in [0.717, 1.165) is 25.9 Å². The number of carbonyl (C=O) groups excluding carboxylic acids is 1. The van der Waals surface area contributed by atoms with E-state index < -0.39 is 6.36 Å². The molecule has 0 unspecified atom stereocenters. The number of benzene rings is 1. The number of nitrogens with zero attached hydrogens (tertiary/aromatic N) is 1. The summed E-state index contributed by atoms with van der Waals surface area (Å²) < 4.78 is 47.1. The number of furan rings is 1. The third-order valence-electron chi connectivity index (χ3n) is 4.05. The van der Waals surface area contributed by atoms with Crippen LogP contribution in [0.4, 0.5) is 13.2 Å². The Hall–Kier alpha value is -2.70. The second-order valence-corrected chi connectivity index (χ2v) is 5.98. The summed E-state index contributed by atoms with van der Waals surface area (Å²) in [6.07, 6.45) is 1.74. The predicted octanol–water partition coefficient (Wildman–Crippen LogP) is 5.03. The first-order chi connectivity index (χ1) is 12.4. The standard InChI is InChI=1S/C19H18F3NO3/c20-19(21,22)26-17-7-3-2-6-14(17)16-8-9-18(25-16)15(24)10-13-23-11-4-1-5-12-23/h2-3,6-10,13H,1,4-5,11-12H2. The Kier molecular flexibility index (Phi) is 5.35. The lowest BCUT2D eigenvalue weighted by Gasteiger charge is -2.24. The van der Waals surface area contributed by atoms with Crippen LogP contribution in [0.25, 0.3) is 11.3 Å². The van der Waals surface area contributed by atoms with E-state index in [2.05, 4.69) is 9.64 Å². The number of allylic oxidation sites excluding steroid dienone is 1. The Labute approximate surface area is 148 Å². The van der Waals surface area contributed by atoms with E-state index in [-0.39, 0.29) is 28.6 Å². The molecule has 4 nitrogen and oxygen atoms in total. The fourth-order valence-corrected chi connectivity index (χ4v) is 2.82. The molecule has 2 aromatic rings. The molecule has 1 aliphatic heterocycles. The van der Waals surface area contributed by atoms with Gasteiger partial charge in [-0.2, -0.15) is 0 Å².